The maximum Gasteiger partial charge on any atom is 0.319 e. The van der Waals surface area contributed by atoms with Gasteiger partial charge in [-0.1, -0.05) is 25.8 Å². The van der Waals surface area contributed by atoms with Gasteiger partial charge in [-0.2, -0.15) is 9.97 Å². The highest BCUT2D eigenvalue weighted by atomic mass is 19.1. The molecule has 3 atom stereocenters. The number of aryl methyl sites for hydroxylation is 1. The van der Waals surface area contributed by atoms with Crippen LogP contribution in [0, 0.1) is 23.5 Å². The molecule has 0 radical (unpaired) electrons. The quantitative estimate of drug-likeness (QED) is 0.242. The molecule has 8 nitrogen and oxygen atoms in total. The van der Waals surface area contributed by atoms with Crippen LogP contribution in [0.3, 0.4) is 0 Å². The van der Waals surface area contributed by atoms with Crippen molar-refractivity contribution in [3.8, 4) is 34.9 Å². The van der Waals surface area contributed by atoms with Crippen LogP contribution in [0.1, 0.15) is 58.2 Å². The summed E-state index contributed by atoms with van der Waals surface area (Å²) in [5.41, 5.74) is -0.515. The minimum atomic E-state index is -1.01. The first-order valence-corrected chi connectivity index (χ1v) is 15.8. The molecule has 0 unspecified atom stereocenters. The molecule has 2 aromatic carbocycles. The molecule has 0 aliphatic carbocycles. The third-order valence-corrected chi connectivity index (χ3v) is 9.01. The van der Waals surface area contributed by atoms with Gasteiger partial charge in [0.25, 0.3) is 0 Å². The van der Waals surface area contributed by atoms with Gasteiger partial charge in [0.2, 0.25) is 0 Å². The predicted molar refractivity (Wildman–Crippen MR) is 172 cm³/mol. The topological polar surface area (TPSA) is 94.8 Å². The largest absolute Gasteiger partial charge is 0.508 e. The lowest BCUT2D eigenvalue weighted by molar-refractivity contribution is 0.0447. The number of hydrogen-bond acceptors (Lipinski definition) is 8. The number of anilines is 1. The van der Waals surface area contributed by atoms with E-state index in [1.165, 1.54) is 24.3 Å². The molecule has 2 fully saturated rings. The van der Waals surface area contributed by atoms with Crippen molar-refractivity contribution >= 4 is 27.5 Å². The number of aliphatic hydroxyl groups is 1. The lowest BCUT2D eigenvalue weighted by Gasteiger charge is -2.38. The molecule has 11 heteroatoms. The lowest BCUT2D eigenvalue weighted by atomic mass is 9.93. The zero-order valence-electron chi connectivity index (χ0n) is 26.5. The maximum absolute atomic E-state index is 17.0. The van der Waals surface area contributed by atoms with Crippen LogP contribution in [0.25, 0.3) is 32.9 Å². The van der Waals surface area contributed by atoms with Gasteiger partial charge in [0.15, 0.2) is 5.82 Å². The Labute approximate surface area is 266 Å². The normalized spacial score (nSPS) is 22.0. The van der Waals surface area contributed by atoms with Gasteiger partial charge < -0.3 is 19.8 Å². The third kappa shape index (κ3) is 5.92. The molecule has 2 aliphatic rings. The number of hydrogen-bond donors (Lipinski definition) is 2. The Morgan fingerprint density at radius 2 is 1.93 bits per heavy atom. The van der Waals surface area contributed by atoms with Crippen LogP contribution in [0.2, 0.25) is 0 Å². The number of nitrogens with zero attached hydrogens (tertiary/aromatic N) is 5. The molecule has 4 aromatic rings. The fraction of sp³-hybridized carbons (Fsp3) is 0.457. The fourth-order valence-corrected chi connectivity index (χ4v) is 6.90. The summed E-state index contributed by atoms with van der Waals surface area (Å²) in [4.78, 5) is 17.8. The Bertz CT molecular complexity index is 1870. The molecule has 0 saturated carbocycles. The molecule has 6 rings (SSSR count). The Morgan fingerprint density at radius 1 is 1.13 bits per heavy atom. The number of rotatable bonds is 7. The Balaban J connectivity index is 1.60. The SMILES string of the molecule is CC#Cc1nc(-c2cc(O)cc3ccc(F)c(CC)c23)c(F)c2nc(OC[C@@H]3C[C@@H](F)CN3CC)nc(N3CCC[C@@](C)(O)C3)c12. The molecular formula is C35H38F3N5O3. The second kappa shape index (κ2) is 12.6. The second-order valence-electron chi connectivity index (χ2n) is 12.4. The van der Waals surface area contributed by atoms with Crippen molar-refractivity contribution in [2.75, 3.05) is 37.7 Å². The van der Waals surface area contributed by atoms with E-state index in [1.807, 2.05) is 16.7 Å². The summed E-state index contributed by atoms with van der Waals surface area (Å²) in [6, 6.07) is 5.45. The van der Waals surface area contributed by atoms with Gasteiger partial charge in [0.1, 0.15) is 47.1 Å². The summed E-state index contributed by atoms with van der Waals surface area (Å²) in [5, 5.41) is 22.8. The molecule has 0 bridgehead atoms. The number of benzene rings is 2. The van der Waals surface area contributed by atoms with Crippen LogP contribution in [0.5, 0.6) is 11.8 Å². The number of β-amino-alcohol motifs (C(OH)–C–C–N with tert-alkyl or cyclic N) is 1. The smallest absolute Gasteiger partial charge is 0.319 e. The zero-order chi connectivity index (χ0) is 32.7. The number of alkyl halides is 1. The minimum absolute atomic E-state index is 0.0985. The number of aromatic nitrogens is 3. The summed E-state index contributed by atoms with van der Waals surface area (Å²) in [6.07, 6.45) is 0.932. The van der Waals surface area contributed by atoms with Gasteiger partial charge in [-0.15, -0.1) is 0 Å². The van der Waals surface area contributed by atoms with Crippen LogP contribution < -0.4 is 9.64 Å². The number of aromatic hydroxyl groups is 1. The van der Waals surface area contributed by atoms with Gasteiger partial charge in [-0.25, -0.2) is 18.2 Å². The number of piperidine rings is 1. The number of halogens is 3. The van der Waals surface area contributed by atoms with E-state index < -0.39 is 23.4 Å². The summed E-state index contributed by atoms with van der Waals surface area (Å²) < 4.78 is 52.4. The van der Waals surface area contributed by atoms with E-state index in [0.717, 1.165) is 0 Å². The van der Waals surface area contributed by atoms with E-state index in [0.29, 0.717) is 67.5 Å². The van der Waals surface area contributed by atoms with Gasteiger partial charge in [-0.05, 0) is 86.5 Å². The molecule has 0 amide bonds. The maximum atomic E-state index is 17.0. The van der Waals surface area contributed by atoms with E-state index in [9.17, 15) is 14.6 Å². The predicted octanol–water partition coefficient (Wildman–Crippen LogP) is 5.92. The molecule has 242 valence electrons. The molecule has 0 spiro atoms. The van der Waals surface area contributed by atoms with E-state index in [-0.39, 0.29) is 58.8 Å². The highest BCUT2D eigenvalue weighted by Gasteiger charge is 2.34. The van der Waals surface area contributed by atoms with Crippen molar-refractivity contribution < 1.29 is 28.1 Å². The molecule has 2 aromatic heterocycles. The average Bonchev–Trinajstić information content (AvgIpc) is 3.39. The third-order valence-electron chi connectivity index (χ3n) is 9.01. The number of fused-ring (bicyclic) bond motifs is 2. The van der Waals surface area contributed by atoms with Crippen molar-refractivity contribution in [2.24, 2.45) is 0 Å². The van der Waals surface area contributed by atoms with Gasteiger partial charge >= 0.3 is 6.01 Å². The summed E-state index contributed by atoms with van der Waals surface area (Å²) >= 11 is 0. The summed E-state index contributed by atoms with van der Waals surface area (Å²) in [7, 11) is 0. The minimum Gasteiger partial charge on any atom is -0.508 e. The number of phenolic OH excluding ortho intramolecular Hbond substituents is 1. The number of likely N-dealkylation sites (N-methyl/N-ethyl adjacent to an activating group) is 1. The van der Waals surface area contributed by atoms with E-state index in [2.05, 4.69) is 21.8 Å². The van der Waals surface area contributed by atoms with Gasteiger partial charge in [0, 0.05) is 31.2 Å². The van der Waals surface area contributed by atoms with Crippen molar-refractivity contribution in [3.63, 3.8) is 0 Å². The second-order valence-corrected chi connectivity index (χ2v) is 12.4. The fourth-order valence-electron chi connectivity index (χ4n) is 6.90. The monoisotopic (exact) mass is 633 g/mol. The van der Waals surface area contributed by atoms with Crippen molar-refractivity contribution in [1.29, 1.82) is 0 Å². The molecule has 2 saturated heterocycles. The van der Waals surface area contributed by atoms with Crippen LogP contribution in [0.4, 0.5) is 19.0 Å². The van der Waals surface area contributed by atoms with Gasteiger partial charge in [0.05, 0.1) is 11.0 Å². The molecular weight excluding hydrogens is 595 g/mol. The Morgan fingerprint density at radius 3 is 2.65 bits per heavy atom. The number of pyridine rings is 1. The van der Waals surface area contributed by atoms with E-state index >= 15 is 8.78 Å². The first kappa shape index (κ1) is 31.8. The number of phenols is 1. The Kier molecular flexibility index (Phi) is 8.70. The number of ether oxygens (including phenoxy) is 1. The standard InChI is InChI=1S/C35H38F3N5O3/c1-5-9-27-29-32(30(38)31(39-27)25-16-23(44)14-20-10-11-26(37)24(6-2)28(20)25)40-34(46-18-22-15-21(36)17-42(22)7-3)41-33(29)43-13-8-12-35(4,45)19-43/h10-11,14,16,21-22,44-45H,6-8,12-13,15,17-19H2,1-4H3/t21-,22+,35-/m1/s1. The first-order valence-electron chi connectivity index (χ1n) is 15.8. The van der Waals surface area contributed by atoms with Crippen LogP contribution in [-0.2, 0) is 6.42 Å². The van der Waals surface area contributed by atoms with Crippen LogP contribution >= 0.6 is 0 Å². The van der Waals surface area contributed by atoms with Crippen LogP contribution in [0.15, 0.2) is 24.3 Å². The average molecular weight is 634 g/mol. The molecule has 2 N–H and O–H groups in total. The highest BCUT2D eigenvalue weighted by Crippen LogP contribution is 2.41. The van der Waals surface area contributed by atoms with E-state index in [1.54, 1.807) is 20.8 Å². The molecule has 4 heterocycles. The van der Waals surface area contributed by atoms with E-state index in [4.69, 9.17) is 9.72 Å². The summed E-state index contributed by atoms with van der Waals surface area (Å²) in [5.74, 6) is 4.76. The van der Waals surface area contributed by atoms with Crippen molar-refractivity contribution in [2.45, 2.75) is 71.2 Å². The number of likely N-dealkylation sites (tertiary alicyclic amines) is 1. The highest BCUT2D eigenvalue weighted by molar-refractivity contribution is 6.03. The summed E-state index contributed by atoms with van der Waals surface area (Å²) in [6.45, 7) is 8.98. The van der Waals surface area contributed by atoms with Crippen molar-refractivity contribution in [1.82, 2.24) is 19.9 Å². The molecule has 2 aliphatic heterocycles. The Hall–Kier alpha value is -4.14. The molecule has 46 heavy (non-hydrogen) atoms. The van der Waals surface area contributed by atoms with Gasteiger partial charge in [-0.3, -0.25) is 4.90 Å². The zero-order valence-corrected chi connectivity index (χ0v) is 26.5. The van der Waals surface area contributed by atoms with Crippen LogP contribution in [-0.4, -0.2) is 80.7 Å². The van der Waals surface area contributed by atoms with Crippen molar-refractivity contribution in [3.05, 3.63) is 47.2 Å². The lowest BCUT2D eigenvalue weighted by Crippen LogP contribution is -2.46. The first-order chi connectivity index (χ1) is 22.0.